The molecular weight excluding hydrogens is 464 g/mol. The number of nitrogens with one attached hydrogen (secondary N) is 1. The Balaban J connectivity index is 1.61. The molecule has 0 atom stereocenters. The molecule has 2 aromatic carbocycles. The summed E-state index contributed by atoms with van der Waals surface area (Å²) in [5, 5.41) is 3.61. The SMILES string of the molecule is CC(C)(C)c1[nH]c(-n2c(C(C)(C)C)cc3ccc(-c4cccc(-c5ccccn5)c4)nc32)c2ccccc12. The molecule has 38 heavy (non-hydrogen) atoms. The molecule has 0 saturated carbocycles. The fourth-order valence-corrected chi connectivity index (χ4v) is 5.32. The summed E-state index contributed by atoms with van der Waals surface area (Å²) in [5.74, 6) is 1.08. The fraction of sp³-hybridized carbons (Fsp3) is 0.235. The van der Waals surface area contributed by atoms with Gasteiger partial charge in [-0.25, -0.2) is 4.98 Å². The van der Waals surface area contributed by atoms with Crippen LogP contribution in [0, 0.1) is 0 Å². The maximum atomic E-state index is 5.29. The molecular formula is C34H34N4. The van der Waals surface area contributed by atoms with Crippen molar-refractivity contribution in [2.75, 3.05) is 0 Å². The minimum absolute atomic E-state index is 0.0206. The lowest BCUT2D eigenvalue weighted by atomic mass is 9.90. The number of benzene rings is 2. The van der Waals surface area contributed by atoms with Crippen LogP contribution in [0.1, 0.15) is 52.9 Å². The van der Waals surface area contributed by atoms with E-state index in [0.717, 1.165) is 39.4 Å². The van der Waals surface area contributed by atoms with Crippen molar-refractivity contribution in [2.45, 2.75) is 52.4 Å². The van der Waals surface area contributed by atoms with Gasteiger partial charge in [0.2, 0.25) is 0 Å². The first-order valence-electron chi connectivity index (χ1n) is 13.3. The van der Waals surface area contributed by atoms with Crippen LogP contribution in [0.15, 0.2) is 91.1 Å². The molecule has 0 aliphatic carbocycles. The second kappa shape index (κ2) is 8.70. The van der Waals surface area contributed by atoms with Gasteiger partial charge in [0.25, 0.3) is 0 Å². The summed E-state index contributed by atoms with van der Waals surface area (Å²) in [6.45, 7) is 13.6. The molecule has 0 aliphatic heterocycles. The molecule has 6 rings (SSSR count). The Hall–Kier alpha value is -4.18. The van der Waals surface area contributed by atoms with Crippen LogP contribution in [-0.4, -0.2) is 19.5 Å². The molecule has 0 spiro atoms. The van der Waals surface area contributed by atoms with E-state index in [1.807, 2.05) is 24.4 Å². The van der Waals surface area contributed by atoms with Gasteiger partial charge >= 0.3 is 0 Å². The summed E-state index contributed by atoms with van der Waals surface area (Å²) in [4.78, 5) is 13.7. The van der Waals surface area contributed by atoms with Crippen LogP contribution < -0.4 is 0 Å². The maximum Gasteiger partial charge on any atom is 0.146 e. The number of aromatic amines is 1. The van der Waals surface area contributed by atoms with E-state index in [4.69, 9.17) is 4.98 Å². The molecule has 0 bridgehead atoms. The average molecular weight is 499 g/mol. The molecule has 0 unspecified atom stereocenters. The molecule has 0 amide bonds. The quantitative estimate of drug-likeness (QED) is 0.265. The standard InChI is InChI=1S/C34H34N4/c1-33(2,3)29-21-24-17-18-28(23-13-11-12-22(20-23)27-16-9-10-19-35-27)36-31(24)38(29)32-26-15-8-7-14-25(26)30(37-32)34(4,5)6/h7-21,37H,1-6H3. The molecule has 4 heteroatoms. The van der Waals surface area contributed by atoms with Crippen LogP contribution in [0.5, 0.6) is 0 Å². The van der Waals surface area contributed by atoms with Crippen LogP contribution in [-0.2, 0) is 10.8 Å². The predicted octanol–water partition coefficient (Wildman–Crippen LogP) is 8.83. The van der Waals surface area contributed by atoms with E-state index in [1.165, 1.54) is 22.2 Å². The smallest absolute Gasteiger partial charge is 0.146 e. The maximum absolute atomic E-state index is 5.29. The lowest BCUT2D eigenvalue weighted by Gasteiger charge is -2.22. The Morgan fingerprint density at radius 2 is 1.37 bits per heavy atom. The summed E-state index contributed by atoms with van der Waals surface area (Å²) in [5.41, 5.74) is 7.40. The van der Waals surface area contributed by atoms with Crippen molar-refractivity contribution in [1.82, 2.24) is 19.5 Å². The van der Waals surface area contributed by atoms with E-state index >= 15 is 0 Å². The number of fused-ring (bicyclic) bond motifs is 2. The molecule has 1 N–H and O–H groups in total. The van der Waals surface area contributed by atoms with Crippen LogP contribution in [0.25, 0.3) is 50.1 Å². The number of H-pyrrole nitrogens is 1. The highest BCUT2D eigenvalue weighted by atomic mass is 15.1. The van der Waals surface area contributed by atoms with Gasteiger partial charge in [-0.05, 0) is 36.4 Å². The van der Waals surface area contributed by atoms with E-state index in [-0.39, 0.29) is 10.8 Å². The van der Waals surface area contributed by atoms with Crippen molar-refractivity contribution in [3.63, 3.8) is 0 Å². The topological polar surface area (TPSA) is 46.5 Å². The van der Waals surface area contributed by atoms with Crippen molar-refractivity contribution in [2.24, 2.45) is 0 Å². The monoisotopic (exact) mass is 498 g/mol. The van der Waals surface area contributed by atoms with Gasteiger partial charge < -0.3 is 4.98 Å². The van der Waals surface area contributed by atoms with Gasteiger partial charge in [0, 0.05) is 55.7 Å². The Morgan fingerprint density at radius 1 is 0.658 bits per heavy atom. The summed E-state index contributed by atoms with van der Waals surface area (Å²) in [7, 11) is 0. The predicted molar refractivity (Wildman–Crippen MR) is 159 cm³/mol. The van der Waals surface area contributed by atoms with Crippen LogP contribution in [0.2, 0.25) is 0 Å². The van der Waals surface area contributed by atoms with Crippen molar-refractivity contribution in [1.29, 1.82) is 0 Å². The van der Waals surface area contributed by atoms with E-state index < -0.39 is 0 Å². The lowest BCUT2D eigenvalue weighted by molar-refractivity contribution is 0.554. The van der Waals surface area contributed by atoms with Gasteiger partial charge in [0.1, 0.15) is 11.5 Å². The van der Waals surface area contributed by atoms with Crippen LogP contribution >= 0.6 is 0 Å². The number of nitrogens with zero attached hydrogens (tertiary/aromatic N) is 3. The van der Waals surface area contributed by atoms with E-state index in [1.54, 1.807) is 0 Å². The summed E-state index contributed by atoms with van der Waals surface area (Å²) >= 11 is 0. The van der Waals surface area contributed by atoms with Crippen molar-refractivity contribution in [3.8, 4) is 28.3 Å². The van der Waals surface area contributed by atoms with Gasteiger partial charge in [-0.2, -0.15) is 0 Å². The van der Waals surface area contributed by atoms with Gasteiger partial charge in [0.15, 0.2) is 0 Å². The zero-order valence-corrected chi connectivity index (χ0v) is 23.0. The second-order valence-corrected chi connectivity index (χ2v) is 12.2. The van der Waals surface area contributed by atoms with Crippen molar-refractivity contribution in [3.05, 3.63) is 103 Å². The summed E-state index contributed by atoms with van der Waals surface area (Å²) in [6.07, 6.45) is 1.83. The minimum atomic E-state index is -0.0755. The summed E-state index contributed by atoms with van der Waals surface area (Å²) < 4.78 is 2.35. The average Bonchev–Trinajstić information content (AvgIpc) is 3.48. The zero-order valence-electron chi connectivity index (χ0n) is 23.0. The first kappa shape index (κ1) is 24.2. The van der Waals surface area contributed by atoms with E-state index in [9.17, 15) is 0 Å². The second-order valence-electron chi connectivity index (χ2n) is 12.2. The largest absolute Gasteiger partial charge is 0.343 e. The highest BCUT2D eigenvalue weighted by Crippen LogP contribution is 2.38. The van der Waals surface area contributed by atoms with Gasteiger partial charge in [-0.15, -0.1) is 0 Å². The third-order valence-corrected chi connectivity index (χ3v) is 7.21. The third-order valence-electron chi connectivity index (χ3n) is 7.21. The highest BCUT2D eigenvalue weighted by Gasteiger charge is 2.27. The number of aromatic nitrogens is 4. The molecule has 0 fully saturated rings. The van der Waals surface area contributed by atoms with Gasteiger partial charge in [0.05, 0.1) is 11.4 Å². The van der Waals surface area contributed by atoms with Crippen LogP contribution in [0.3, 0.4) is 0 Å². The first-order valence-corrected chi connectivity index (χ1v) is 13.3. The highest BCUT2D eigenvalue weighted by molar-refractivity contribution is 5.95. The fourth-order valence-electron chi connectivity index (χ4n) is 5.32. The number of pyridine rings is 2. The summed E-state index contributed by atoms with van der Waals surface area (Å²) in [6, 6.07) is 29.8. The zero-order chi connectivity index (χ0) is 26.7. The molecule has 4 nitrogen and oxygen atoms in total. The third kappa shape index (κ3) is 4.10. The van der Waals surface area contributed by atoms with E-state index in [0.29, 0.717) is 0 Å². The van der Waals surface area contributed by atoms with Crippen LogP contribution in [0.4, 0.5) is 0 Å². The number of rotatable bonds is 3. The molecule has 4 aromatic heterocycles. The normalized spacial score (nSPS) is 12.5. The number of hydrogen-bond acceptors (Lipinski definition) is 2. The van der Waals surface area contributed by atoms with E-state index in [2.05, 4.69) is 123 Å². The molecule has 6 aromatic rings. The molecule has 0 saturated heterocycles. The molecule has 0 radical (unpaired) electrons. The Kier molecular flexibility index (Phi) is 5.53. The Morgan fingerprint density at radius 3 is 2.05 bits per heavy atom. The van der Waals surface area contributed by atoms with Crippen molar-refractivity contribution < 1.29 is 0 Å². The van der Waals surface area contributed by atoms with Crippen molar-refractivity contribution >= 4 is 21.8 Å². The molecule has 190 valence electrons. The Bertz CT molecular complexity index is 1770. The lowest BCUT2D eigenvalue weighted by Crippen LogP contribution is -2.17. The minimum Gasteiger partial charge on any atom is -0.343 e. The Labute approximate surface area is 224 Å². The van der Waals surface area contributed by atoms with Gasteiger partial charge in [-0.1, -0.05) is 90.1 Å². The molecule has 4 heterocycles. The number of hydrogen-bond donors (Lipinski definition) is 1. The first-order chi connectivity index (χ1) is 18.1. The van der Waals surface area contributed by atoms with Gasteiger partial charge in [-0.3, -0.25) is 9.55 Å². The molecule has 0 aliphatic rings.